The van der Waals surface area contributed by atoms with Gasteiger partial charge in [0.1, 0.15) is 0 Å². The molecule has 2 aliphatic rings. The van der Waals surface area contributed by atoms with Crippen LogP contribution < -0.4 is 5.73 Å². The number of hydrogen-bond acceptors (Lipinski definition) is 3. The van der Waals surface area contributed by atoms with E-state index in [-0.39, 0.29) is 0 Å². The topological polar surface area (TPSA) is 29.3 Å². The highest BCUT2D eigenvalue weighted by molar-refractivity contribution is 8.00. The Morgan fingerprint density at radius 2 is 2.20 bits per heavy atom. The van der Waals surface area contributed by atoms with Crippen molar-refractivity contribution >= 4 is 11.8 Å². The molecule has 1 aliphatic carbocycles. The van der Waals surface area contributed by atoms with E-state index in [1.54, 1.807) is 0 Å². The maximum Gasteiger partial charge on any atom is 0.0455 e. The van der Waals surface area contributed by atoms with E-state index in [1.165, 1.54) is 38.1 Å². The lowest BCUT2D eigenvalue weighted by Crippen LogP contribution is -2.57. The minimum Gasteiger partial charge on any atom is -0.329 e. The first kappa shape index (κ1) is 11.7. The van der Waals surface area contributed by atoms with Gasteiger partial charge in [-0.1, -0.05) is 13.8 Å². The average Bonchev–Trinajstić information content (AvgIpc) is 2.99. The second kappa shape index (κ2) is 4.64. The first-order valence-electron chi connectivity index (χ1n) is 6.29. The average molecular weight is 228 g/mol. The van der Waals surface area contributed by atoms with Crippen molar-refractivity contribution in [3.05, 3.63) is 0 Å². The molecule has 0 aromatic heterocycles. The quantitative estimate of drug-likeness (QED) is 0.780. The minimum atomic E-state index is 0.308. The lowest BCUT2D eigenvalue weighted by Gasteiger charge is -2.43. The fraction of sp³-hybridized carbons (Fsp3) is 1.00. The molecule has 2 rings (SSSR count). The summed E-state index contributed by atoms with van der Waals surface area (Å²) in [5.74, 6) is 2.27. The second-order valence-electron chi connectivity index (χ2n) is 5.05. The molecule has 2 fully saturated rings. The first-order valence-corrected chi connectivity index (χ1v) is 7.34. The highest BCUT2D eigenvalue weighted by Gasteiger charge is 2.45. The van der Waals surface area contributed by atoms with Gasteiger partial charge in [0, 0.05) is 23.9 Å². The molecule has 0 aromatic rings. The second-order valence-corrected chi connectivity index (χ2v) is 6.50. The predicted molar refractivity (Wildman–Crippen MR) is 68.3 cm³/mol. The third kappa shape index (κ3) is 2.20. The Morgan fingerprint density at radius 3 is 2.60 bits per heavy atom. The van der Waals surface area contributed by atoms with Crippen molar-refractivity contribution in [3.8, 4) is 0 Å². The Balaban J connectivity index is 2.06. The first-order chi connectivity index (χ1) is 7.23. The summed E-state index contributed by atoms with van der Waals surface area (Å²) in [5.41, 5.74) is 6.38. The van der Waals surface area contributed by atoms with Crippen LogP contribution >= 0.6 is 11.8 Å². The summed E-state index contributed by atoms with van der Waals surface area (Å²) in [5, 5.41) is 0.709. The number of thioether (sulfide) groups is 1. The highest BCUT2D eigenvalue weighted by Crippen LogP contribution is 2.41. The van der Waals surface area contributed by atoms with Crippen molar-refractivity contribution in [2.75, 3.05) is 25.4 Å². The van der Waals surface area contributed by atoms with E-state index in [0.29, 0.717) is 10.8 Å². The Kier molecular flexibility index (Phi) is 3.63. The Bertz CT molecular complexity index is 218. The largest absolute Gasteiger partial charge is 0.329 e. The number of likely N-dealkylation sites (N-methyl/N-ethyl adjacent to an activating group) is 1. The summed E-state index contributed by atoms with van der Waals surface area (Å²) in [4.78, 5) is 2.68. The fourth-order valence-electron chi connectivity index (χ4n) is 2.82. The SMILES string of the molecule is CCN(CC1CC1)C1(CN)CCSC1C. The minimum absolute atomic E-state index is 0.308. The number of rotatable bonds is 5. The summed E-state index contributed by atoms with van der Waals surface area (Å²) in [6.45, 7) is 7.94. The zero-order valence-electron chi connectivity index (χ0n) is 10.0. The fourth-order valence-corrected chi connectivity index (χ4v) is 4.32. The van der Waals surface area contributed by atoms with Crippen LogP contribution in [-0.2, 0) is 0 Å². The molecule has 1 saturated carbocycles. The summed E-state index contributed by atoms with van der Waals surface area (Å²) in [6, 6.07) is 0. The summed E-state index contributed by atoms with van der Waals surface area (Å²) >= 11 is 2.10. The van der Waals surface area contributed by atoms with Gasteiger partial charge in [-0.2, -0.15) is 11.8 Å². The van der Waals surface area contributed by atoms with Crippen molar-refractivity contribution in [2.24, 2.45) is 11.7 Å². The Hall–Kier alpha value is 0.270. The van der Waals surface area contributed by atoms with E-state index in [4.69, 9.17) is 5.73 Å². The molecule has 2 N–H and O–H groups in total. The smallest absolute Gasteiger partial charge is 0.0455 e. The molecule has 0 radical (unpaired) electrons. The van der Waals surface area contributed by atoms with Crippen LogP contribution in [-0.4, -0.2) is 41.1 Å². The molecule has 1 heterocycles. The van der Waals surface area contributed by atoms with Crippen molar-refractivity contribution in [3.63, 3.8) is 0 Å². The van der Waals surface area contributed by atoms with E-state index in [0.717, 1.165) is 12.5 Å². The molecule has 88 valence electrons. The molecule has 1 aliphatic heterocycles. The molecule has 2 nitrogen and oxygen atoms in total. The van der Waals surface area contributed by atoms with Crippen LogP contribution in [0, 0.1) is 5.92 Å². The van der Waals surface area contributed by atoms with Crippen LogP contribution in [0.25, 0.3) is 0 Å². The Labute approximate surface area is 98.0 Å². The maximum absolute atomic E-state index is 6.08. The lowest BCUT2D eigenvalue weighted by atomic mass is 9.90. The van der Waals surface area contributed by atoms with Crippen molar-refractivity contribution < 1.29 is 0 Å². The third-order valence-corrected chi connectivity index (χ3v) is 5.58. The molecule has 1 saturated heterocycles. The number of nitrogens with zero attached hydrogens (tertiary/aromatic N) is 1. The molecule has 2 atom stereocenters. The molecular weight excluding hydrogens is 204 g/mol. The van der Waals surface area contributed by atoms with E-state index >= 15 is 0 Å². The monoisotopic (exact) mass is 228 g/mol. The van der Waals surface area contributed by atoms with Crippen LogP contribution in [0.1, 0.15) is 33.1 Å². The van der Waals surface area contributed by atoms with Gasteiger partial charge in [-0.05, 0) is 37.5 Å². The van der Waals surface area contributed by atoms with Crippen LogP contribution in [0.15, 0.2) is 0 Å². The molecule has 3 heteroatoms. The van der Waals surface area contributed by atoms with Gasteiger partial charge in [-0.3, -0.25) is 4.90 Å². The van der Waals surface area contributed by atoms with Crippen LogP contribution in [0.5, 0.6) is 0 Å². The standard InChI is InChI=1S/C12H24N2S/c1-3-14(8-11-4-5-11)12(9-13)6-7-15-10(12)2/h10-11H,3-9,13H2,1-2H3. The van der Waals surface area contributed by atoms with Crippen molar-refractivity contribution in [1.29, 1.82) is 0 Å². The Morgan fingerprint density at radius 1 is 1.47 bits per heavy atom. The van der Waals surface area contributed by atoms with E-state index in [1.807, 2.05) is 0 Å². The number of nitrogens with two attached hydrogens (primary N) is 1. The van der Waals surface area contributed by atoms with Gasteiger partial charge in [0.2, 0.25) is 0 Å². The van der Waals surface area contributed by atoms with Crippen LogP contribution in [0.4, 0.5) is 0 Å². The molecule has 0 bridgehead atoms. The predicted octanol–water partition coefficient (Wildman–Crippen LogP) is 1.94. The normalized spacial score (nSPS) is 36.4. The van der Waals surface area contributed by atoms with Crippen LogP contribution in [0.2, 0.25) is 0 Å². The molecule has 0 amide bonds. The molecule has 2 unspecified atom stereocenters. The van der Waals surface area contributed by atoms with E-state index < -0.39 is 0 Å². The molecule has 0 aromatic carbocycles. The van der Waals surface area contributed by atoms with Gasteiger partial charge < -0.3 is 5.73 Å². The highest BCUT2D eigenvalue weighted by atomic mass is 32.2. The zero-order valence-corrected chi connectivity index (χ0v) is 10.9. The molecule has 15 heavy (non-hydrogen) atoms. The van der Waals surface area contributed by atoms with Gasteiger partial charge in [-0.25, -0.2) is 0 Å². The maximum atomic E-state index is 6.08. The van der Waals surface area contributed by atoms with E-state index in [9.17, 15) is 0 Å². The summed E-state index contributed by atoms with van der Waals surface area (Å²) in [7, 11) is 0. The molecular formula is C12H24N2S. The lowest BCUT2D eigenvalue weighted by molar-refractivity contribution is 0.0979. The molecule has 0 spiro atoms. The van der Waals surface area contributed by atoms with Gasteiger partial charge in [-0.15, -0.1) is 0 Å². The summed E-state index contributed by atoms with van der Waals surface area (Å²) < 4.78 is 0. The van der Waals surface area contributed by atoms with Crippen molar-refractivity contribution in [2.45, 2.75) is 43.9 Å². The van der Waals surface area contributed by atoms with Gasteiger partial charge >= 0.3 is 0 Å². The van der Waals surface area contributed by atoms with Gasteiger partial charge in [0.15, 0.2) is 0 Å². The van der Waals surface area contributed by atoms with Gasteiger partial charge in [0.05, 0.1) is 0 Å². The van der Waals surface area contributed by atoms with Crippen LogP contribution in [0.3, 0.4) is 0 Å². The number of hydrogen-bond donors (Lipinski definition) is 1. The summed E-state index contributed by atoms with van der Waals surface area (Å²) in [6.07, 6.45) is 4.17. The third-order valence-electron chi connectivity index (χ3n) is 4.20. The van der Waals surface area contributed by atoms with Gasteiger partial charge in [0.25, 0.3) is 0 Å². The van der Waals surface area contributed by atoms with E-state index in [2.05, 4.69) is 30.5 Å². The van der Waals surface area contributed by atoms with Crippen molar-refractivity contribution in [1.82, 2.24) is 4.90 Å². The zero-order chi connectivity index (χ0) is 10.9.